The highest BCUT2D eigenvalue weighted by atomic mass is 16.5. The Kier molecular flexibility index (Phi) is 10.7. The second-order valence-electron chi connectivity index (χ2n) is 7.39. The molecule has 0 radical (unpaired) electrons. The Morgan fingerprint density at radius 3 is 2.50 bits per heavy atom. The van der Waals surface area contributed by atoms with Gasteiger partial charge in [0.2, 0.25) is 11.8 Å². The van der Waals surface area contributed by atoms with E-state index in [-0.39, 0.29) is 18.4 Å². The maximum atomic E-state index is 12.5. The van der Waals surface area contributed by atoms with Gasteiger partial charge in [0, 0.05) is 19.0 Å². The average molecular weight is 366 g/mol. The second-order valence-corrected chi connectivity index (χ2v) is 7.39. The number of carbonyl (C=O) groups is 2. The van der Waals surface area contributed by atoms with E-state index in [1.807, 2.05) is 0 Å². The van der Waals surface area contributed by atoms with Gasteiger partial charge in [-0.3, -0.25) is 9.59 Å². The van der Waals surface area contributed by atoms with E-state index in [1.54, 1.807) is 17.9 Å². The summed E-state index contributed by atoms with van der Waals surface area (Å²) in [7, 11) is 0. The molecule has 6 nitrogen and oxygen atoms in total. The summed E-state index contributed by atoms with van der Waals surface area (Å²) in [4.78, 5) is 26.5. The van der Waals surface area contributed by atoms with E-state index in [4.69, 9.17) is 4.52 Å². The number of hydrogen-bond donors (Lipinski definition) is 1. The molecule has 0 saturated heterocycles. The first-order chi connectivity index (χ1) is 12.4. The Labute approximate surface area is 157 Å². The van der Waals surface area contributed by atoms with E-state index in [9.17, 15) is 9.59 Å². The summed E-state index contributed by atoms with van der Waals surface area (Å²) in [6, 6.07) is 1.66. The fourth-order valence-electron chi connectivity index (χ4n) is 2.70. The van der Waals surface area contributed by atoms with Crippen LogP contribution in [0.25, 0.3) is 0 Å². The number of rotatable bonds is 13. The Morgan fingerprint density at radius 2 is 1.88 bits per heavy atom. The van der Waals surface area contributed by atoms with E-state index < -0.39 is 0 Å². The maximum absolute atomic E-state index is 12.5. The van der Waals surface area contributed by atoms with Gasteiger partial charge in [0.15, 0.2) is 5.82 Å². The second kappa shape index (κ2) is 12.5. The number of carbonyl (C=O) groups excluding carboxylic acids is 2. The van der Waals surface area contributed by atoms with Gasteiger partial charge in [0.1, 0.15) is 5.76 Å². The summed E-state index contributed by atoms with van der Waals surface area (Å²) >= 11 is 0. The molecule has 0 spiro atoms. The van der Waals surface area contributed by atoms with Gasteiger partial charge < -0.3 is 14.7 Å². The number of nitrogens with one attached hydrogen (secondary N) is 1. The zero-order valence-corrected chi connectivity index (χ0v) is 16.8. The van der Waals surface area contributed by atoms with Crippen molar-refractivity contribution in [1.82, 2.24) is 10.1 Å². The lowest BCUT2D eigenvalue weighted by molar-refractivity contribution is -0.135. The average Bonchev–Trinajstić information content (AvgIpc) is 2.99. The number of anilines is 1. The molecule has 0 aromatic carbocycles. The molecule has 148 valence electrons. The summed E-state index contributed by atoms with van der Waals surface area (Å²) in [6.07, 6.45) is 8.27. The molecule has 2 amide bonds. The van der Waals surface area contributed by atoms with Crippen LogP contribution in [0.5, 0.6) is 0 Å². The number of nitrogens with zero attached hydrogens (tertiary/aromatic N) is 2. The van der Waals surface area contributed by atoms with Crippen LogP contribution in [0, 0.1) is 12.8 Å². The Bertz CT molecular complexity index is 540. The van der Waals surface area contributed by atoms with Gasteiger partial charge in [0.05, 0.1) is 6.54 Å². The van der Waals surface area contributed by atoms with Crippen LogP contribution in [-0.2, 0) is 9.59 Å². The topological polar surface area (TPSA) is 75.4 Å². The highest BCUT2D eigenvalue weighted by molar-refractivity contribution is 5.93. The molecule has 1 aromatic rings. The van der Waals surface area contributed by atoms with Gasteiger partial charge in [-0.2, -0.15) is 0 Å². The number of aryl methyl sites for hydroxylation is 1. The van der Waals surface area contributed by atoms with Crippen LogP contribution in [0.3, 0.4) is 0 Å². The Balaban J connectivity index is 2.45. The van der Waals surface area contributed by atoms with Crippen molar-refractivity contribution in [1.29, 1.82) is 0 Å². The van der Waals surface area contributed by atoms with Crippen molar-refractivity contribution >= 4 is 17.6 Å². The minimum atomic E-state index is -0.238. The molecular formula is C20H35N3O3. The zero-order chi connectivity index (χ0) is 19.4. The van der Waals surface area contributed by atoms with Crippen LogP contribution in [0.2, 0.25) is 0 Å². The molecule has 0 atom stereocenters. The number of aromatic nitrogens is 1. The molecule has 0 bridgehead atoms. The molecular weight excluding hydrogens is 330 g/mol. The maximum Gasteiger partial charge on any atom is 0.245 e. The minimum absolute atomic E-state index is 0.0626. The molecule has 1 N–H and O–H groups in total. The highest BCUT2D eigenvalue weighted by Crippen LogP contribution is 2.11. The molecule has 26 heavy (non-hydrogen) atoms. The third-order valence-electron chi connectivity index (χ3n) is 4.30. The van der Waals surface area contributed by atoms with Gasteiger partial charge in [-0.05, 0) is 25.7 Å². The number of unbranched alkanes of at least 4 members (excludes halogenated alkanes) is 5. The third-order valence-corrected chi connectivity index (χ3v) is 4.30. The number of amides is 2. The van der Waals surface area contributed by atoms with Gasteiger partial charge in [0.25, 0.3) is 0 Å². The Hall–Kier alpha value is -1.85. The summed E-state index contributed by atoms with van der Waals surface area (Å²) < 4.78 is 4.94. The van der Waals surface area contributed by atoms with Gasteiger partial charge in [-0.15, -0.1) is 0 Å². The van der Waals surface area contributed by atoms with Crippen LogP contribution in [0.15, 0.2) is 10.6 Å². The van der Waals surface area contributed by atoms with Crippen molar-refractivity contribution in [3.63, 3.8) is 0 Å². The normalized spacial score (nSPS) is 11.0. The lowest BCUT2D eigenvalue weighted by Crippen LogP contribution is -2.39. The summed E-state index contributed by atoms with van der Waals surface area (Å²) in [5, 5.41) is 6.45. The first-order valence-electron chi connectivity index (χ1n) is 9.93. The van der Waals surface area contributed by atoms with Crippen LogP contribution in [0.1, 0.15) is 77.9 Å². The first-order valence-corrected chi connectivity index (χ1v) is 9.93. The number of hydrogen-bond acceptors (Lipinski definition) is 4. The van der Waals surface area contributed by atoms with Crippen molar-refractivity contribution in [2.24, 2.45) is 5.92 Å². The van der Waals surface area contributed by atoms with Gasteiger partial charge in [-0.25, -0.2) is 0 Å². The lowest BCUT2D eigenvalue weighted by Gasteiger charge is -2.23. The molecule has 0 aliphatic rings. The molecule has 1 heterocycles. The van der Waals surface area contributed by atoms with Crippen LogP contribution < -0.4 is 5.32 Å². The monoisotopic (exact) mass is 365 g/mol. The Morgan fingerprint density at radius 1 is 1.19 bits per heavy atom. The van der Waals surface area contributed by atoms with Crippen molar-refractivity contribution in [2.75, 3.05) is 18.4 Å². The molecule has 0 fully saturated rings. The first kappa shape index (κ1) is 22.2. The predicted octanol–water partition coefficient (Wildman–Crippen LogP) is 4.55. The summed E-state index contributed by atoms with van der Waals surface area (Å²) in [6.45, 7) is 8.87. The third kappa shape index (κ3) is 9.59. The van der Waals surface area contributed by atoms with E-state index in [1.165, 1.54) is 25.7 Å². The fourth-order valence-corrected chi connectivity index (χ4v) is 2.70. The van der Waals surface area contributed by atoms with Crippen LogP contribution in [0.4, 0.5) is 5.82 Å². The van der Waals surface area contributed by atoms with Crippen LogP contribution >= 0.6 is 0 Å². The fraction of sp³-hybridized carbons (Fsp3) is 0.750. The zero-order valence-electron chi connectivity index (χ0n) is 16.8. The smallest absolute Gasteiger partial charge is 0.245 e. The van der Waals surface area contributed by atoms with Crippen LogP contribution in [-0.4, -0.2) is 35.0 Å². The molecule has 0 aliphatic carbocycles. The largest absolute Gasteiger partial charge is 0.360 e. The van der Waals surface area contributed by atoms with Crippen molar-refractivity contribution in [3.8, 4) is 0 Å². The van der Waals surface area contributed by atoms with E-state index >= 15 is 0 Å². The van der Waals surface area contributed by atoms with Crippen molar-refractivity contribution in [3.05, 3.63) is 11.8 Å². The molecule has 0 aliphatic heterocycles. The quantitative estimate of drug-likeness (QED) is 0.520. The van der Waals surface area contributed by atoms with Gasteiger partial charge in [-0.1, -0.05) is 58.0 Å². The lowest BCUT2D eigenvalue weighted by atomic mass is 10.1. The molecule has 0 unspecified atom stereocenters. The molecule has 1 rings (SSSR count). The standard InChI is InChI=1S/C20H35N3O3/c1-5-6-7-8-9-10-11-20(25)23(13-12-16(2)3)15-19(24)21-18-14-17(4)26-22-18/h14,16H,5-13,15H2,1-4H3,(H,21,22,24). The minimum Gasteiger partial charge on any atom is -0.360 e. The molecule has 1 aromatic heterocycles. The predicted molar refractivity (Wildman–Crippen MR) is 104 cm³/mol. The summed E-state index contributed by atoms with van der Waals surface area (Å²) in [5.74, 6) is 1.34. The van der Waals surface area contributed by atoms with Crippen molar-refractivity contribution in [2.45, 2.75) is 79.1 Å². The van der Waals surface area contributed by atoms with Crippen molar-refractivity contribution < 1.29 is 14.1 Å². The van der Waals surface area contributed by atoms with E-state index in [0.29, 0.717) is 30.5 Å². The van der Waals surface area contributed by atoms with E-state index in [0.717, 1.165) is 19.3 Å². The molecule has 6 heteroatoms. The van der Waals surface area contributed by atoms with Gasteiger partial charge >= 0.3 is 0 Å². The molecule has 0 saturated carbocycles. The highest BCUT2D eigenvalue weighted by Gasteiger charge is 2.18. The van der Waals surface area contributed by atoms with E-state index in [2.05, 4.69) is 31.2 Å². The SMILES string of the molecule is CCCCCCCCC(=O)N(CCC(C)C)CC(=O)Nc1cc(C)on1. The summed E-state index contributed by atoms with van der Waals surface area (Å²) in [5.41, 5.74) is 0.